The van der Waals surface area contributed by atoms with Gasteiger partial charge in [0.2, 0.25) is 10.0 Å². The Labute approximate surface area is 118 Å². The minimum atomic E-state index is -3.59. The number of hydrogen-bond acceptors (Lipinski definition) is 4. The van der Waals surface area contributed by atoms with Gasteiger partial charge in [-0.15, -0.1) is 0 Å². The first-order valence-electron chi connectivity index (χ1n) is 6.04. The van der Waals surface area contributed by atoms with Crippen LogP contribution in [-0.4, -0.2) is 26.7 Å². The third-order valence-corrected chi connectivity index (χ3v) is 4.63. The van der Waals surface area contributed by atoms with E-state index in [1.807, 2.05) is 0 Å². The van der Waals surface area contributed by atoms with Crippen molar-refractivity contribution in [2.45, 2.75) is 31.1 Å². The first-order chi connectivity index (χ1) is 8.88. The lowest BCUT2D eigenvalue weighted by atomic mass is 10.2. The molecule has 19 heavy (non-hydrogen) atoms. The molecule has 0 aromatic heterocycles. The van der Waals surface area contributed by atoms with Crippen LogP contribution in [0.3, 0.4) is 0 Å². The molecule has 0 aliphatic carbocycles. The number of nitrogens with two attached hydrogens (primary N) is 1. The molecular weight excluding hydrogens is 288 g/mol. The van der Waals surface area contributed by atoms with E-state index in [4.69, 9.17) is 22.4 Å². The van der Waals surface area contributed by atoms with Crippen LogP contribution in [0.5, 0.6) is 0 Å². The van der Waals surface area contributed by atoms with Gasteiger partial charge in [-0.2, -0.15) is 0 Å². The van der Waals surface area contributed by atoms with Gasteiger partial charge >= 0.3 is 0 Å². The van der Waals surface area contributed by atoms with Gasteiger partial charge in [-0.1, -0.05) is 11.6 Å². The summed E-state index contributed by atoms with van der Waals surface area (Å²) in [7, 11) is -3.59. The zero-order valence-electron chi connectivity index (χ0n) is 10.8. The maximum atomic E-state index is 12.0. The number of unbranched alkanes of at least 4 members (excludes halogenated alkanes) is 2. The molecule has 0 amide bonds. The highest BCUT2D eigenvalue weighted by atomic mass is 35.5. The molecule has 0 saturated heterocycles. The van der Waals surface area contributed by atoms with Crippen molar-refractivity contribution in [3.05, 3.63) is 22.7 Å². The fraction of sp³-hybridized carbons (Fsp3) is 0.500. The zero-order chi connectivity index (χ0) is 14.5. The third-order valence-electron chi connectivity index (χ3n) is 2.80. The normalized spacial score (nSPS) is 11.7. The van der Waals surface area contributed by atoms with Crippen LogP contribution in [0.15, 0.2) is 17.0 Å². The van der Waals surface area contributed by atoms with Crippen molar-refractivity contribution in [3.63, 3.8) is 0 Å². The van der Waals surface area contributed by atoms with Gasteiger partial charge in [0.05, 0.1) is 4.90 Å². The van der Waals surface area contributed by atoms with E-state index in [1.165, 1.54) is 12.1 Å². The molecule has 0 heterocycles. The minimum absolute atomic E-state index is 0.0720. The minimum Gasteiger partial charge on any atom is -0.398 e. The van der Waals surface area contributed by atoms with Crippen molar-refractivity contribution in [1.82, 2.24) is 4.72 Å². The second-order valence-corrected chi connectivity index (χ2v) is 6.48. The van der Waals surface area contributed by atoms with Gasteiger partial charge in [0, 0.05) is 23.9 Å². The topological polar surface area (TPSA) is 92.4 Å². The second kappa shape index (κ2) is 7.09. The Balaban J connectivity index is 2.72. The largest absolute Gasteiger partial charge is 0.398 e. The number of aliphatic hydroxyl groups excluding tert-OH is 1. The van der Waals surface area contributed by atoms with Crippen molar-refractivity contribution in [2.24, 2.45) is 0 Å². The highest BCUT2D eigenvalue weighted by Gasteiger charge is 2.16. The third kappa shape index (κ3) is 4.65. The first kappa shape index (κ1) is 16.2. The van der Waals surface area contributed by atoms with Gasteiger partial charge in [0.25, 0.3) is 0 Å². The van der Waals surface area contributed by atoms with Crippen LogP contribution in [0.4, 0.5) is 5.69 Å². The Kier molecular flexibility index (Phi) is 6.06. The molecule has 1 rings (SSSR count). The lowest BCUT2D eigenvalue weighted by Gasteiger charge is -2.10. The fourth-order valence-electron chi connectivity index (χ4n) is 1.53. The number of rotatable bonds is 7. The van der Waals surface area contributed by atoms with Crippen molar-refractivity contribution in [2.75, 3.05) is 18.9 Å². The first-order valence-corrected chi connectivity index (χ1v) is 7.90. The molecule has 0 aliphatic rings. The van der Waals surface area contributed by atoms with Crippen LogP contribution < -0.4 is 10.5 Å². The molecule has 0 saturated carbocycles. The summed E-state index contributed by atoms with van der Waals surface area (Å²) >= 11 is 5.93. The zero-order valence-corrected chi connectivity index (χ0v) is 12.4. The van der Waals surface area contributed by atoms with Gasteiger partial charge in [0.1, 0.15) is 0 Å². The Morgan fingerprint density at radius 1 is 1.32 bits per heavy atom. The van der Waals surface area contributed by atoms with Gasteiger partial charge in [0.15, 0.2) is 0 Å². The quantitative estimate of drug-likeness (QED) is 0.528. The van der Waals surface area contributed by atoms with Gasteiger partial charge in [-0.3, -0.25) is 0 Å². The second-order valence-electron chi connectivity index (χ2n) is 4.30. The molecule has 4 N–H and O–H groups in total. The average molecular weight is 307 g/mol. The summed E-state index contributed by atoms with van der Waals surface area (Å²) in [5, 5.41) is 8.96. The van der Waals surface area contributed by atoms with Crippen LogP contribution >= 0.6 is 11.6 Å². The molecule has 0 aliphatic heterocycles. The number of nitrogens with one attached hydrogen (secondary N) is 1. The summed E-state index contributed by atoms with van der Waals surface area (Å²) in [6.07, 6.45) is 2.12. The Morgan fingerprint density at radius 3 is 2.58 bits per heavy atom. The Morgan fingerprint density at radius 2 is 2.00 bits per heavy atom. The van der Waals surface area contributed by atoms with Crippen LogP contribution in [0.1, 0.15) is 24.8 Å². The van der Waals surface area contributed by atoms with E-state index in [1.54, 1.807) is 6.92 Å². The summed E-state index contributed by atoms with van der Waals surface area (Å²) in [5.74, 6) is 0. The van der Waals surface area contributed by atoms with E-state index in [-0.39, 0.29) is 11.5 Å². The molecule has 0 fully saturated rings. The maximum absolute atomic E-state index is 12.0. The molecule has 1 aromatic rings. The van der Waals surface area contributed by atoms with Crippen LogP contribution in [0, 0.1) is 6.92 Å². The molecule has 0 atom stereocenters. The molecule has 0 unspecified atom stereocenters. The lowest BCUT2D eigenvalue weighted by Crippen LogP contribution is -2.25. The summed E-state index contributed by atoms with van der Waals surface area (Å²) in [4.78, 5) is 0.0720. The van der Waals surface area contributed by atoms with E-state index in [0.29, 0.717) is 35.7 Å². The maximum Gasteiger partial charge on any atom is 0.240 e. The number of benzene rings is 1. The number of aliphatic hydroxyl groups is 1. The summed E-state index contributed by atoms with van der Waals surface area (Å²) < 4.78 is 26.5. The fourth-order valence-corrected chi connectivity index (χ4v) is 2.96. The van der Waals surface area contributed by atoms with Crippen molar-refractivity contribution in [1.29, 1.82) is 0 Å². The lowest BCUT2D eigenvalue weighted by molar-refractivity contribution is 0.283. The average Bonchev–Trinajstić information content (AvgIpc) is 2.35. The van der Waals surface area contributed by atoms with Crippen molar-refractivity contribution >= 4 is 27.3 Å². The van der Waals surface area contributed by atoms with Crippen LogP contribution in [0.2, 0.25) is 5.02 Å². The van der Waals surface area contributed by atoms with Crippen molar-refractivity contribution in [3.8, 4) is 0 Å². The molecule has 7 heteroatoms. The van der Waals surface area contributed by atoms with Gasteiger partial charge < -0.3 is 10.8 Å². The summed E-state index contributed by atoms with van der Waals surface area (Å²) in [6.45, 7) is 2.18. The number of sulfonamides is 1. The molecule has 108 valence electrons. The van der Waals surface area contributed by atoms with E-state index in [9.17, 15) is 8.42 Å². The Bertz CT molecular complexity index is 509. The van der Waals surface area contributed by atoms with Crippen LogP contribution in [-0.2, 0) is 10.0 Å². The van der Waals surface area contributed by atoms with E-state index in [0.717, 1.165) is 6.42 Å². The predicted molar refractivity (Wildman–Crippen MR) is 76.7 cm³/mol. The number of halogens is 1. The molecule has 1 aromatic carbocycles. The van der Waals surface area contributed by atoms with E-state index >= 15 is 0 Å². The summed E-state index contributed by atoms with van der Waals surface area (Å²) in [6, 6.07) is 2.79. The van der Waals surface area contributed by atoms with Gasteiger partial charge in [-0.25, -0.2) is 13.1 Å². The smallest absolute Gasteiger partial charge is 0.240 e. The standard InChI is InChI=1S/C12H19ClN2O3S/c1-9-11(13)7-10(8-12(9)14)19(17,18)15-5-3-2-4-6-16/h7-8,15-16H,2-6,14H2,1H3. The van der Waals surface area contributed by atoms with Crippen LogP contribution in [0.25, 0.3) is 0 Å². The molecule has 0 radical (unpaired) electrons. The highest BCUT2D eigenvalue weighted by Crippen LogP contribution is 2.25. The summed E-state index contributed by atoms with van der Waals surface area (Å²) in [5.41, 5.74) is 6.73. The molecule has 5 nitrogen and oxygen atoms in total. The number of anilines is 1. The SMILES string of the molecule is Cc1c(N)cc(S(=O)(=O)NCCCCCO)cc1Cl. The molecule has 0 bridgehead atoms. The monoisotopic (exact) mass is 306 g/mol. The van der Waals surface area contributed by atoms with Crippen molar-refractivity contribution < 1.29 is 13.5 Å². The number of nitrogen functional groups attached to an aromatic ring is 1. The predicted octanol–water partition coefficient (Wildman–Crippen LogP) is 1.67. The number of hydrogen-bond donors (Lipinski definition) is 3. The Hall–Kier alpha value is -0.820. The highest BCUT2D eigenvalue weighted by molar-refractivity contribution is 7.89. The molecule has 0 spiro atoms. The van der Waals surface area contributed by atoms with E-state index < -0.39 is 10.0 Å². The van der Waals surface area contributed by atoms with E-state index in [2.05, 4.69) is 4.72 Å². The van der Waals surface area contributed by atoms with Gasteiger partial charge in [-0.05, 0) is 43.9 Å². The molecular formula is C12H19ClN2O3S.